The third-order valence-corrected chi connectivity index (χ3v) is 4.63. The van der Waals surface area contributed by atoms with Gasteiger partial charge < -0.3 is 24.8 Å². The summed E-state index contributed by atoms with van der Waals surface area (Å²) in [6.45, 7) is 2.24. The quantitative estimate of drug-likeness (QED) is 0.482. The molecule has 3 heterocycles. The molecule has 0 saturated carbocycles. The summed E-state index contributed by atoms with van der Waals surface area (Å²) in [5.41, 5.74) is 0.986. The van der Waals surface area contributed by atoms with Crippen molar-refractivity contribution in [3.05, 3.63) is 101 Å². The van der Waals surface area contributed by atoms with Gasteiger partial charge in [0, 0.05) is 11.6 Å². The van der Waals surface area contributed by atoms with Gasteiger partial charge in [-0.1, -0.05) is 54.1 Å². The largest absolute Gasteiger partial charge is 1.00 e. The van der Waals surface area contributed by atoms with Gasteiger partial charge in [-0.25, -0.2) is 0 Å². The number of likely N-dealkylation sites (N-methyl/N-ethyl adjacent to an activating group) is 2. The number of rotatable bonds is 1. The Morgan fingerprint density at radius 2 is 1.34 bits per heavy atom. The summed E-state index contributed by atoms with van der Waals surface area (Å²) in [6, 6.07) is 10.6. The molecule has 0 amide bonds. The second-order valence-electron chi connectivity index (χ2n) is 8.26. The highest BCUT2D eigenvalue weighted by Gasteiger charge is 2.09. The van der Waals surface area contributed by atoms with Crippen LogP contribution in [0.5, 0.6) is 0 Å². The highest BCUT2D eigenvalue weighted by molar-refractivity contribution is 6.29. The first-order chi connectivity index (χ1) is 14.2. The fourth-order valence-electron chi connectivity index (χ4n) is 2.69. The lowest BCUT2D eigenvalue weighted by Crippen LogP contribution is -3.00. The van der Waals surface area contributed by atoms with E-state index in [4.69, 9.17) is 11.6 Å². The van der Waals surface area contributed by atoms with Gasteiger partial charge in [0.25, 0.3) is 0 Å². The van der Waals surface area contributed by atoms with Crippen LogP contribution >= 0.6 is 11.6 Å². The van der Waals surface area contributed by atoms with Crippen LogP contribution in [0.25, 0.3) is 11.3 Å². The SMILES string of the molecule is C[N+]1(C)C=CC=CC1.C[N+]1(C)C=CC=CC1.O=c1cc(Cl)[nH]nc1-c1ccccc1.[Cl-].[Cl-]. The monoisotopic (exact) mass is 496 g/mol. The van der Waals surface area contributed by atoms with Gasteiger partial charge in [-0.15, -0.1) is 0 Å². The van der Waals surface area contributed by atoms with Gasteiger partial charge in [0.2, 0.25) is 5.43 Å². The fourth-order valence-corrected chi connectivity index (χ4v) is 2.83. The van der Waals surface area contributed by atoms with Crippen molar-refractivity contribution in [2.75, 3.05) is 41.3 Å². The molecule has 2 aliphatic rings. The predicted molar refractivity (Wildman–Crippen MR) is 126 cm³/mol. The van der Waals surface area contributed by atoms with Crippen molar-refractivity contribution in [2.45, 2.75) is 0 Å². The van der Waals surface area contributed by atoms with E-state index in [0.29, 0.717) is 5.69 Å². The van der Waals surface area contributed by atoms with Crippen molar-refractivity contribution in [3.63, 3.8) is 0 Å². The molecule has 4 rings (SSSR count). The van der Waals surface area contributed by atoms with E-state index in [1.54, 1.807) is 0 Å². The van der Waals surface area contributed by atoms with Gasteiger partial charge in [0.15, 0.2) is 0 Å². The molecule has 0 bridgehead atoms. The van der Waals surface area contributed by atoms with E-state index in [0.717, 1.165) is 27.6 Å². The molecule has 0 aliphatic carbocycles. The molecule has 174 valence electrons. The third-order valence-electron chi connectivity index (χ3n) is 4.44. The molecular weight excluding hydrogens is 467 g/mol. The molecule has 1 aromatic heterocycles. The van der Waals surface area contributed by atoms with Crippen LogP contribution in [-0.4, -0.2) is 60.4 Å². The normalized spacial score (nSPS) is 16.3. The fraction of sp³-hybridized carbons (Fsp3) is 0.250. The molecule has 2 aromatic rings. The van der Waals surface area contributed by atoms with Gasteiger partial charge in [0.05, 0.1) is 40.6 Å². The minimum absolute atomic E-state index is 0. The number of quaternary nitrogens is 2. The summed E-state index contributed by atoms with van der Waals surface area (Å²) in [5, 5.41) is 6.68. The van der Waals surface area contributed by atoms with Crippen LogP contribution in [-0.2, 0) is 0 Å². The Balaban J connectivity index is 0.000000465. The van der Waals surface area contributed by atoms with Crippen molar-refractivity contribution >= 4 is 11.6 Å². The lowest BCUT2D eigenvalue weighted by molar-refractivity contribution is -0.833. The predicted octanol–water partition coefficient (Wildman–Crippen LogP) is -1.61. The number of halogens is 3. The first-order valence-electron chi connectivity index (χ1n) is 9.83. The number of hydrogen-bond donors (Lipinski definition) is 1. The van der Waals surface area contributed by atoms with E-state index < -0.39 is 0 Å². The lowest BCUT2D eigenvalue weighted by atomic mass is 10.1. The number of allylic oxidation sites excluding steroid dienone is 4. The molecule has 1 aromatic carbocycles. The maximum atomic E-state index is 11.5. The summed E-state index contributed by atoms with van der Waals surface area (Å²) in [7, 11) is 8.72. The second kappa shape index (κ2) is 14.1. The van der Waals surface area contributed by atoms with Crippen LogP contribution in [0.1, 0.15) is 0 Å². The highest BCUT2D eigenvalue weighted by atomic mass is 35.5. The molecular formula is C24H31Cl3N4O. The second-order valence-corrected chi connectivity index (χ2v) is 8.66. The molecule has 0 unspecified atom stereocenters. The average molecular weight is 498 g/mol. The van der Waals surface area contributed by atoms with Crippen LogP contribution in [0.2, 0.25) is 5.15 Å². The molecule has 5 nitrogen and oxygen atoms in total. The Morgan fingerprint density at radius 1 is 0.844 bits per heavy atom. The van der Waals surface area contributed by atoms with Gasteiger partial charge in [-0.3, -0.25) is 18.9 Å². The Hall–Kier alpha value is -2.15. The first kappa shape index (κ1) is 29.9. The molecule has 32 heavy (non-hydrogen) atoms. The molecule has 0 fully saturated rings. The first-order valence-corrected chi connectivity index (χ1v) is 10.2. The Kier molecular flexibility index (Phi) is 13.1. The molecule has 0 spiro atoms. The van der Waals surface area contributed by atoms with E-state index >= 15 is 0 Å². The summed E-state index contributed by atoms with van der Waals surface area (Å²) in [4.78, 5) is 11.5. The maximum absolute atomic E-state index is 11.5. The minimum Gasteiger partial charge on any atom is -1.00 e. The Morgan fingerprint density at radius 3 is 1.69 bits per heavy atom. The third kappa shape index (κ3) is 10.9. The standard InChI is InChI=1S/C10H7ClN2O.2C7H12N.2ClH/c11-9-6-8(14)10(13-12-9)7-4-2-1-3-5-7;2*1-8(2)6-4-3-5-7-8;;/h1-6H,(H,12,14);2*3-6H,7H2,1-2H3;2*1H/q;2*+1;;/p-2. The zero-order valence-electron chi connectivity index (χ0n) is 18.9. The van der Waals surface area contributed by atoms with E-state index in [2.05, 4.69) is 87.2 Å². The number of hydrogen-bond acceptors (Lipinski definition) is 2. The van der Waals surface area contributed by atoms with E-state index in [9.17, 15) is 4.79 Å². The average Bonchev–Trinajstić information content (AvgIpc) is 2.69. The van der Waals surface area contributed by atoms with Crippen molar-refractivity contribution < 1.29 is 33.8 Å². The van der Waals surface area contributed by atoms with Crippen LogP contribution in [0, 0.1) is 0 Å². The molecule has 8 heteroatoms. The molecule has 1 N–H and O–H groups in total. The van der Waals surface area contributed by atoms with Crippen LogP contribution in [0.4, 0.5) is 0 Å². The van der Waals surface area contributed by atoms with Crippen molar-refractivity contribution in [2.24, 2.45) is 0 Å². The smallest absolute Gasteiger partial charge is 0.209 e. The van der Waals surface area contributed by atoms with E-state index in [1.165, 1.54) is 6.07 Å². The molecule has 0 radical (unpaired) electrons. The van der Waals surface area contributed by atoms with Gasteiger partial charge >= 0.3 is 0 Å². The minimum atomic E-state index is -0.181. The topological polar surface area (TPSA) is 45.8 Å². The van der Waals surface area contributed by atoms with E-state index in [1.807, 2.05) is 30.3 Å². The lowest BCUT2D eigenvalue weighted by Gasteiger charge is -2.24. The molecule has 2 aliphatic heterocycles. The number of nitrogens with zero attached hydrogens (tertiary/aromatic N) is 3. The Labute approximate surface area is 208 Å². The number of H-pyrrole nitrogens is 1. The number of benzene rings is 1. The summed E-state index contributed by atoms with van der Waals surface area (Å²) in [5.74, 6) is 0. The van der Waals surface area contributed by atoms with E-state index in [-0.39, 0.29) is 35.4 Å². The highest BCUT2D eigenvalue weighted by Crippen LogP contribution is 2.11. The summed E-state index contributed by atoms with van der Waals surface area (Å²) >= 11 is 5.59. The molecule has 0 atom stereocenters. The summed E-state index contributed by atoms with van der Waals surface area (Å²) < 4.78 is 1.97. The van der Waals surface area contributed by atoms with Crippen molar-refractivity contribution in [3.8, 4) is 11.3 Å². The van der Waals surface area contributed by atoms with Crippen molar-refractivity contribution in [1.82, 2.24) is 10.2 Å². The van der Waals surface area contributed by atoms with Gasteiger partial charge in [-0.05, 0) is 24.3 Å². The van der Waals surface area contributed by atoms with Crippen LogP contribution < -0.4 is 30.2 Å². The maximum Gasteiger partial charge on any atom is 0.209 e. The van der Waals surface area contributed by atoms with Gasteiger partial charge in [0.1, 0.15) is 23.9 Å². The zero-order chi connectivity index (χ0) is 22.0. The summed E-state index contributed by atoms with van der Waals surface area (Å²) in [6.07, 6.45) is 17.1. The Bertz CT molecular complexity index is 960. The van der Waals surface area contributed by atoms with Crippen LogP contribution in [0.15, 0.2) is 90.0 Å². The number of nitrogens with one attached hydrogen (secondary N) is 1. The zero-order valence-corrected chi connectivity index (χ0v) is 21.1. The molecule has 0 saturated heterocycles. The number of aromatic nitrogens is 2. The van der Waals surface area contributed by atoms with Crippen molar-refractivity contribution in [1.29, 1.82) is 0 Å². The van der Waals surface area contributed by atoms with Gasteiger partial charge in [-0.2, -0.15) is 5.10 Å². The van der Waals surface area contributed by atoms with Crippen LogP contribution in [0.3, 0.4) is 0 Å². The number of aromatic amines is 1.